The van der Waals surface area contributed by atoms with Crippen LogP contribution in [0.5, 0.6) is 0 Å². The molecule has 170 valence electrons. The molecule has 3 aliphatic heterocycles. The van der Waals surface area contributed by atoms with Gasteiger partial charge >= 0.3 is 6.09 Å². The number of carbonyl (C=O) groups is 2. The maximum absolute atomic E-state index is 12.7. The molecular weight excluding hydrogens is 392 g/mol. The molecule has 4 heterocycles. The molecule has 7 nitrogen and oxygen atoms in total. The fourth-order valence-corrected chi connectivity index (χ4v) is 5.84. The third-order valence-corrected chi connectivity index (χ3v) is 7.15. The van der Waals surface area contributed by atoms with Gasteiger partial charge < -0.3 is 14.9 Å². The van der Waals surface area contributed by atoms with Gasteiger partial charge in [0.05, 0.1) is 6.54 Å². The summed E-state index contributed by atoms with van der Waals surface area (Å²) in [5, 5.41) is 9.80. The summed E-state index contributed by atoms with van der Waals surface area (Å²) in [6, 6.07) is 4.54. The molecule has 1 aromatic heterocycles. The van der Waals surface area contributed by atoms with Gasteiger partial charge in [0.15, 0.2) is 5.78 Å². The van der Waals surface area contributed by atoms with Gasteiger partial charge in [-0.3, -0.25) is 9.69 Å². The number of fused-ring (bicyclic) bond motifs is 2. The first-order chi connectivity index (χ1) is 14.7. The molecule has 2 atom stereocenters. The lowest BCUT2D eigenvalue weighted by Gasteiger charge is -2.47. The highest BCUT2D eigenvalue weighted by Gasteiger charge is 2.46. The third-order valence-electron chi connectivity index (χ3n) is 7.15. The normalized spacial score (nSPS) is 26.7. The number of carbonyl (C=O) groups excluding carboxylic acids is 1. The minimum Gasteiger partial charge on any atom is -0.465 e. The lowest BCUT2D eigenvalue weighted by molar-refractivity contribution is 0.0558. The zero-order valence-corrected chi connectivity index (χ0v) is 19.1. The smallest absolute Gasteiger partial charge is 0.407 e. The summed E-state index contributed by atoms with van der Waals surface area (Å²) in [7, 11) is 0. The molecule has 0 aromatic carbocycles. The molecular formula is C24H36N4O3. The number of hydrogen-bond donors (Lipinski definition) is 1. The Bertz CT molecular complexity index is 784. The fourth-order valence-electron chi connectivity index (χ4n) is 5.84. The zero-order valence-electron chi connectivity index (χ0n) is 19.1. The van der Waals surface area contributed by atoms with E-state index < -0.39 is 11.6 Å². The Morgan fingerprint density at radius 1 is 1.10 bits per heavy atom. The summed E-state index contributed by atoms with van der Waals surface area (Å²) in [5.41, 5.74) is 0.272. The van der Waals surface area contributed by atoms with Crippen molar-refractivity contribution < 1.29 is 14.7 Å². The van der Waals surface area contributed by atoms with Crippen molar-refractivity contribution in [1.29, 1.82) is 0 Å². The van der Waals surface area contributed by atoms with Gasteiger partial charge in [-0.2, -0.15) is 0 Å². The van der Waals surface area contributed by atoms with E-state index in [9.17, 15) is 14.7 Å². The predicted molar refractivity (Wildman–Crippen MR) is 121 cm³/mol. The maximum Gasteiger partial charge on any atom is 0.407 e. The lowest BCUT2D eigenvalue weighted by atomic mass is 9.92. The first kappa shape index (κ1) is 22.1. The van der Waals surface area contributed by atoms with Gasteiger partial charge in [0.25, 0.3) is 0 Å². The van der Waals surface area contributed by atoms with Gasteiger partial charge in [-0.05, 0) is 84.5 Å². The monoisotopic (exact) mass is 428 g/mol. The number of ketones is 1. The number of hydrogen-bond acceptors (Lipinski definition) is 5. The second-order valence-corrected chi connectivity index (χ2v) is 10.4. The van der Waals surface area contributed by atoms with Crippen LogP contribution >= 0.6 is 0 Å². The van der Waals surface area contributed by atoms with Gasteiger partial charge in [-0.1, -0.05) is 6.42 Å². The van der Waals surface area contributed by atoms with E-state index >= 15 is 0 Å². The highest BCUT2D eigenvalue weighted by atomic mass is 16.4. The Labute approximate surface area is 185 Å². The molecule has 1 N–H and O–H groups in total. The number of aromatic nitrogens is 1. The summed E-state index contributed by atoms with van der Waals surface area (Å²) in [4.78, 5) is 35.5. The Hall–Kier alpha value is -2.15. The predicted octanol–water partition coefficient (Wildman–Crippen LogP) is 4.03. The second-order valence-electron chi connectivity index (χ2n) is 10.4. The van der Waals surface area contributed by atoms with Crippen LogP contribution in [0.3, 0.4) is 0 Å². The molecule has 0 saturated carbocycles. The topological polar surface area (TPSA) is 77.0 Å². The molecule has 3 saturated heterocycles. The van der Waals surface area contributed by atoms with Gasteiger partial charge in [0, 0.05) is 35.4 Å². The average molecular weight is 429 g/mol. The Kier molecular flexibility index (Phi) is 6.24. The maximum atomic E-state index is 12.7. The van der Waals surface area contributed by atoms with Crippen LogP contribution in [0.1, 0.15) is 76.1 Å². The molecule has 7 heteroatoms. The van der Waals surface area contributed by atoms with Crippen LogP contribution in [0, 0.1) is 0 Å². The minimum absolute atomic E-state index is 0.0386. The second kappa shape index (κ2) is 8.77. The molecule has 2 unspecified atom stereocenters. The van der Waals surface area contributed by atoms with Crippen molar-refractivity contribution in [2.75, 3.05) is 24.5 Å². The quantitative estimate of drug-likeness (QED) is 0.714. The number of carboxylic acid groups (broad SMARTS) is 1. The number of nitrogens with zero attached hydrogens (tertiary/aromatic N) is 4. The minimum atomic E-state index is -0.833. The third kappa shape index (κ3) is 4.71. The summed E-state index contributed by atoms with van der Waals surface area (Å²) in [6.45, 7) is 8.41. The van der Waals surface area contributed by atoms with Gasteiger partial charge in [-0.25, -0.2) is 9.78 Å². The van der Waals surface area contributed by atoms with E-state index in [2.05, 4.69) is 14.8 Å². The van der Waals surface area contributed by atoms with E-state index in [0.29, 0.717) is 24.2 Å². The van der Waals surface area contributed by atoms with Gasteiger partial charge in [0.2, 0.25) is 0 Å². The fraction of sp³-hybridized carbons (Fsp3) is 0.708. The van der Waals surface area contributed by atoms with Gasteiger partial charge in [-0.15, -0.1) is 0 Å². The lowest BCUT2D eigenvalue weighted by Crippen LogP contribution is -2.57. The van der Waals surface area contributed by atoms with Crippen molar-refractivity contribution in [3.63, 3.8) is 0 Å². The van der Waals surface area contributed by atoms with E-state index in [1.165, 1.54) is 19.3 Å². The van der Waals surface area contributed by atoms with Crippen molar-refractivity contribution in [3.05, 3.63) is 23.9 Å². The van der Waals surface area contributed by atoms with Crippen molar-refractivity contribution in [1.82, 2.24) is 14.8 Å². The number of Topliss-reactive ketones (excluding diaryl/α,β-unsaturated/α-hetero) is 1. The van der Waals surface area contributed by atoms with Crippen LogP contribution in [0.25, 0.3) is 0 Å². The van der Waals surface area contributed by atoms with E-state index in [0.717, 1.165) is 44.6 Å². The molecule has 31 heavy (non-hydrogen) atoms. The summed E-state index contributed by atoms with van der Waals surface area (Å²) < 4.78 is 0. The van der Waals surface area contributed by atoms with Crippen LogP contribution in [-0.4, -0.2) is 75.1 Å². The highest BCUT2D eigenvalue weighted by Crippen LogP contribution is 2.41. The van der Waals surface area contributed by atoms with E-state index in [1.54, 1.807) is 11.1 Å². The molecule has 0 aliphatic carbocycles. The largest absolute Gasteiger partial charge is 0.465 e. The van der Waals surface area contributed by atoms with E-state index in [1.807, 2.05) is 32.9 Å². The van der Waals surface area contributed by atoms with Crippen molar-refractivity contribution >= 4 is 17.7 Å². The summed E-state index contributed by atoms with van der Waals surface area (Å²) in [5.74, 6) is 1.06. The Morgan fingerprint density at radius 2 is 1.74 bits per heavy atom. The number of rotatable bonds is 5. The molecule has 2 bridgehead atoms. The number of amides is 1. The Morgan fingerprint density at radius 3 is 2.26 bits per heavy atom. The van der Waals surface area contributed by atoms with Crippen LogP contribution in [0.2, 0.25) is 0 Å². The van der Waals surface area contributed by atoms with E-state index in [-0.39, 0.29) is 11.8 Å². The average Bonchev–Trinajstić information content (AvgIpc) is 2.98. The van der Waals surface area contributed by atoms with Crippen molar-refractivity contribution in [2.24, 2.45) is 0 Å². The van der Waals surface area contributed by atoms with Crippen LogP contribution in [0.4, 0.5) is 10.6 Å². The molecule has 4 rings (SSSR count). The number of piperidine rings is 2. The molecule has 0 radical (unpaired) electrons. The first-order valence-electron chi connectivity index (χ1n) is 11.8. The summed E-state index contributed by atoms with van der Waals surface area (Å²) >= 11 is 0. The molecule has 1 amide bonds. The number of anilines is 1. The van der Waals surface area contributed by atoms with Crippen LogP contribution in [-0.2, 0) is 0 Å². The molecule has 3 fully saturated rings. The first-order valence-corrected chi connectivity index (χ1v) is 11.8. The molecule has 0 spiro atoms. The number of likely N-dealkylation sites (tertiary alicyclic amines) is 1. The molecule has 1 aromatic rings. The Balaban J connectivity index is 1.43. The zero-order chi connectivity index (χ0) is 22.2. The van der Waals surface area contributed by atoms with Crippen molar-refractivity contribution in [3.8, 4) is 0 Å². The highest BCUT2D eigenvalue weighted by molar-refractivity contribution is 5.97. The van der Waals surface area contributed by atoms with Crippen molar-refractivity contribution in [2.45, 2.75) is 89.4 Å². The molecule has 3 aliphatic rings. The van der Waals surface area contributed by atoms with E-state index in [4.69, 9.17) is 0 Å². The van der Waals surface area contributed by atoms with Crippen LogP contribution in [0.15, 0.2) is 18.3 Å². The van der Waals surface area contributed by atoms with Gasteiger partial charge in [0.1, 0.15) is 5.82 Å². The summed E-state index contributed by atoms with van der Waals surface area (Å²) in [6.07, 6.45) is 8.31. The SMILES string of the molecule is CC(C)(C)N(C(=O)O)C1CC2CCC(C1)N2c1ccc(C(=O)CN2CCCCC2)cn1. The van der Waals surface area contributed by atoms with Crippen LogP contribution < -0.4 is 4.90 Å². The standard InChI is InChI=1S/C24H36N4O3/c1-24(2,3)28(23(30)31)20-13-18-8-9-19(14-20)27(18)22-10-7-17(15-25-22)21(29)16-26-11-5-4-6-12-26/h7,10,15,18-20H,4-6,8-9,11-14,16H2,1-3H3,(H,30,31). The number of pyridine rings is 1.